The summed E-state index contributed by atoms with van der Waals surface area (Å²) in [6.07, 6.45) is -0.790. The number of hydrogen-bond donors (Lipinski definition) is 0. The van der Waals surface area contributed by atoms with Crippen molar-refractivity contribution >= 4 is 11.8 Å². The van der Waals surface area contributed by atoms with Gasteiger partial charge in [0.15, 0.2) is 11.0 Å². The average molecular weight is 259 g/mol. The highest BCUT2D eigenvalue weighted by Crippen LogP contribution is 2.26. The first kappa shape index (κ1) is 12.1. The number of alkyl halides is 2. The molecule has 0 atom stereocenters. The van der Waals surface area contributed by atoms with E-state index in [9.17, 15) is 8.78 Å². The predicted octanol–water partition coefficient (Wildman–Crippen LogP) is 2.74. The Bertz CT molecular complexity index is 509. The predicted molar refractivity (Wildman–Crippen MR) is 60.2 cm³/mol. The van der Waals surface area contributed by atoms with Gasteiger partial charge < -0.3 is 8.98 Å². The first-order chi connectivity index (χ1) is 8.09. The van der Waals surface area contributed by atoms with Crippen molar-refractivity contribution < 1.29 is 13.2 Å². The van der Waals surface area contributed by atoms with Crippen LogP contribution in [0.3, 0.4) is 0 Å². The highest BCUT2D eigenvalue weighted by atomic mass is 32.2. The van der Waals surface area contributed by atoms with Crippen LogP contribution in [0.5, 0.6) is 0 Å². The maximum absolute atomic E-state index is 12.1. The van der Waals surface area contributed by atoms with Crippen LogP contribution in [0.25, 0.3) is 11.4 Å². The number of hydrogen-bond acceptors (Lipinski definition) is 4. The Morgan fingerprint density at radius 1 is 1.47 bits per heavy atom. The summed E-state index contributed by atoms with van der Waals surface area (Å²) < 4.78 is 31.1. The third kappa shape index (κ3) is 2.49. The van der Waals surface area contributed by atoms with Crippen molar-refractivity contribution in [2.24, 2.45) is 7.05 Å². The topological polar surface area (TPSA) is 43.9 Å². The minimum absolute atomic E-state index is 0.281. The van der Waals surface area contributed by atoms with Crippen LogP contribution in [0, 0.1) is 6.92 Å². The zero-order valence-corrected chi connectivity index (χ0v) is 10.2. The minimum Gasteiger partial charge on any atom is -0.469 e. The Kier molecular flexibility index (Phi) is 3.46. The van der Waals surface area contributed by atoms with E-state index in [4.69, 9.17) is 4.42 Å². The molecule has 0 spiro atoms. The van der Waals surface area contributed by atoms with E-state index in [1.54, 1.807) is 23.9 Å². The summed E-state index contributed by atoms with van der Waals surface area (Å²) in [6, 6.07) is 1.78. The Morgan fingerprint density at radius 2 is 2.24 bits per heavy atom. The number of thioether (sulfide) groups is 1. The third-order valence-electron chi connectivity index (χ3n) is 2.27. The Hall–Kier alpha value is -1.37. The molecule has 0 bridgehead atoms. The number of nitrogens with zero attached hydrogens (tertiary/aromatic N) is 3. The fourth-order valence-corrected chi connectivity index (χ4v) is 2.08. The van der Waals surface area contributed by atoms with E-state index in [1.807, 2.05) is 6.92 Å². The second-order valence-electron chi connectivity index (χ2n) is 3.46. The summed E-state index contributed by atoms with van der Waals surface area (Å²) in [5, 5.41) is 8.34. The maximum Gasteiger partial charge on any atom is 0.248 e. The normalized spacial score (nSPS) is 11.4. The number of halogens is 2. The lowest BCUT2D eigenvalue weighted by atomic mass is 10.2. The van der Waals surface area contributed by atoms with Crippen LogP contribution >= 0.6 is 11.8 Å². The zero-order chi connectivity index (χ0) is 12.4. The van der Waals surface area contributed by atoms with Gasteiger partial charge in [-0.25, -0.2) is 8.78 Å². The standard InChI is InChI=1S/C10H11F2N3OS/c1-6-7(3-4-16-6)9-13-14-10(15(9)2)17-5-8(11)12/h3-4,8H,5H2,1-2H3. The molecule has 0 aliphatic heterocycles. The molecule has 0 fully saturated rings. The molecule has 2 aromatic rings. The van der Waals surface area contributed by atoms with Gasteiger partial charge in [0.2, 0.25) is 6.43 Å². The van der Waals surface area contributed by atoms with Gasteiger partial charge in [0.05, 0.1) is 17.6 Å². The molecule has 0 aromatic carbocycles. The van der Waals surface area contributed by atoms with Gasteiger partial charge in [-0.15, -0.1) is 10.2 Å². The van der Waals surface area contributed by atoms with Gasteiger partial charge in [-0.05, 0) is 13.0 Å². The van der Waals surface area contributed by atoms with Crippen LogP contribution in [0.2, 0.25) is 0 Å². The van der Waals surface area contributed by atoms with Crippen LogP contribution in [-0.4, -0.2) is 26.9 Å². The molecule has 0 saturated carbocycles. The first-order valence-electron chi connectivity index (χ1n) is 4.94. The van der Waals surface area contributed by atoms with E-state index in [0.717, 1.165) is 23.1 Å². The summed E-state index contributed by atoms with van der Waals surface area (Å²) in [5.74, 6) is 1.06. The molecule has 4 nitrogen and oxygen atoms in total. The van der Waals surface area contributed by atoms with E-state index in [2.05, 4.69) is 10.2 Å². The van der Waals surface area contributed by atoms with Crippen molar-refractivity contribution in [1.29, 1.82) is 0 Å². The molecule has 0 radical (unpaired) electrons. The molecule has 17 heavy (non-hydrogen) atoms. The lowest BCUT2D eigenvalue weighted by Gasteiger charge is -2.02. The molecule has 0 unspecified atom stereocenters. The molecule has 2 heterocycles. The molecule has 2 aromatic heterocycles. The Labute approximate surface area is 101 Å². The molecular formula is C10H11F2N3OS. The van der Waals surface area contributed by atoms with Crippen LogP contribution in [0.4, 0.5) is 8.78 Å². The van der Waals surface area contributed by atoms with Gasteiger partial charge in [-0.1, -0.05) is 11.8 Å². The number of aromatic nitrogens is 3. The summed E-state index contributed by atoms with van der Waals surface area (Å²) >= 11 is 0.988. The fourth-order valence-electron chi connectivity index (χ4n) is 1.43. The molecule has 0 aliphatic rings. The number of aryl methyl sites for hydroxylation is 1. The van der Waals surface area contributed by atoms with Crippen molar-refractivity contribution in [3.63, 3.8) is 0 Å². The summed E-state index contributed by atoms with van der Waals surface area (Å²) in [6.45, 7) is 1.82. The zero-order valence-electron chi connectivity index (χ0n) is 9.35. The van der Waals surface area contributed by atoms with E-state index in [1.165, 1.54) is 0 Å². The van der Waals surface area contributed by atoms with E-state index in [0.29, 0.717) is 11.0 Å². The monoisotopic (exact) mass is 259 g/mol. The SMILES string of the molecule is Cc1occc1-c1nnc(SCC(F)F)n1C. The molecule has 7 heteroatoms. The summed E-state index contributed by atoms with van der Waals surface area (Å²) in [7, 11) is 1.75. The van der Waals surface area contributed by atoms with Gasteiger partial charge in [0, 0.05) is 7.05 Å². The lowest BCUT2D eigenvalue weighted by Crippen LogP contribution is -1.98. The Balaban J connectivity index is 2.24. The highest BCUT2D eigenvalue weighted by molar-refractivity contribution is 7.99. The summed E-state index contributed by atoms with van der Waals surface area (Å²) in [4.78, 5) is 0. The Morgan fingerprint density at radius 3 is 2.82 bits per heavy atom. The molecule has 0 N–H and O–H groups in total. The molecule has 92 valence electrons. The first-order valence-corrected chi connectivity index (χ1v) is 5.93. The van der Waals surface area contributed by atoms with Gasteiger partial charge >= 0.3 is 0 Å². The number of furan rings is 1. The van der Waals surface area contributed by atoms with Gasteiger partial charge in [0.1, 0.15) is 5.76 Å². The second kappa shape index (κ2) is 4.87. The van der Waals surface area contributed by atoms with E-state index in [-0.39, 0.29) is 5.75 Å². The van der Waals surface area contributed by atoms with Crippen LogP contribution < -0.4 is 0 Å². The average Bonchev–Trinajstić information content (AvgIpc) is 2.82. The van der Waals surface area contributed by atoms with Gasteiger partial charge in [-0.3, -0.25) is 0 Å². The van der Waals surface area contributed by atoms with Crippen molar-refractivity contribution in [2.45, 2.75) is 18.5 Å². The van der Waals surface area contributed by atoms with E-state index >= 15 is 0 Å². The summed E-state index contributed by atoms with van der Waals surface area (Å²) in [5.41, 5.74) is 0.823. The maximum atomic E-state index is 12.1. The van der Waals surface area contributed by atoms with Crippen LogP contribution in [0.15, 0.2) is 21.9 Å². The van der Waals surface area contributed by atoms with Gasteiger partial charge in [-0.2, -0.15) is 0 Å². The number of rotatable bonds is 4. The fraction of sp³-hybridized carbons (Fsp3) is 0.400. The lowest BCUT2D eigenvalue weighted by molar-refractivity contribution is 0.176. The third-order valence-corrected chi connectivity index (χ3v) is 3.31. The van der Waals surface area contributed by atoms with Crippen molar-refractivity contribution in [2.75, 3.05) is 5.75 Å². The highest BCUT2D eigenvalue weighted by Gasteiger charge is 2.15. The van der Waals surface area contributed by atoms with Crippen molar-refractivity contribution in [3.8, 4) is 11.4 Å². The molecule has 0 amide bonds. The van der Waals surface area contributed by atoms with Crippen LogP contribution in [-0.2, 0) is 7.05 Å². The van der Waals surface area contributed by atoms with Crippen molar-refractivity contribution in [1.82, 2.24) is 14.8 Å². The minimum atomic E-state index is -2.35. The quantitative estimate of drug-likeness (QED) is 0.792. The molecule has 0 aliphatic carbocycles. The van der Waals surface area contributed by atoms with Gasteiger partial charge in [0.25, 0.3) is 0 Å². The van der Waals surface area contributed by atoms with Crippen molar-refractivity contribution in [3.05, 3.63) is 18.1 Å². The molecular weight excluding hydrogens is 248 g/mol. The smallest absolute Gasteiger partial charge is 0.248 e. The molecule has 0 saturated heterocycles. The van der Waals surface area contributed by atoms with E-state index < -0.39 is 6.43 Å². The molecule has 2 rings (SSSR count). The largest absolute Gasteiger partial charge is 0.469 e. The van der Waals surface area contributed by atoms with Crippen LogP contribution in [0.1, 0.15) is 5.76 Å². The second-order valence-corrected chi connectivity index (χ2v) is 4.44.